The van der Waals surface area contributed by atoms with Crippen LogP contribution in [0.1, 0.15) is 36.6 Å². The van der Waals surface area contributed by atoms with Crippen LogP contribution in [0.5, 0.6) is 5.75 Å². The molecule has 4 aromatic rings. The second kappa shape index (κ2) is 12.4. The highest BCUT2D eigenvalue weighted by molar-refractivity contribution is 7.81. The maximum atomic E-state index is 14.2. The van der Waals surface area contributed by atoms with Gasteiger partial charge in [-0.2, -0.15) is 0 Å². The smallest absolute Gasteiger partial charge is 0.234 e. The lowest BCUT2D eigenvalue weighted by molar-refractivity contribution is -0.120. The van der Waals surface area contributed by atoms with E-state index in [1.165, 1.54) is 0 Å². The number of benzene rings is 1. The van der Waals surface area contributed by atoms with Gasteiger partial charge in [-0.05, 0) is 54.2 Å². The molecule has 6 rings (SSSR count). The Morgan fingerprint density at radius 1 is 1.23 bits per heavy atom. The first-order chi connectivity index (χ1) is 21.2. The summed E-state index contributed by atoms with van der Waals surface area (Å²) in [4.78, 5) is 29.4. The monoisotopic (exact) mass is 617 g/mol. The Kier molecular flexibility index (Phi) is 8.46. The first-order valence-electron chi connectivity index (χ1n) is 14.7. The van der Waals surface area contributed by atoms with Gasteiger partial charge in [0.1, 0.15) is 23.3 Å². The normalized spacial score (nSPS) is 19.0. The lowest BCUT2D eigenvalue weighted by Gasteiger charge is -2.24. The third-order valence-electron chi connectivity index (χ3n) is 8.24. The zero-order valence-corrected chi connectivity index (χ0v) is 26.1. The average Bonchev–Trinajstić information content (AvgIpc) is 3.67. The molecule has 2 aliphatic rings. The van der Waals surface area contributed by atoms with Crippen molar-refractivity contribution >= 4 is 50.8 Å². The number of methoxy groups -OCH3 is 1. The summed E-state index contributed by atoms with van der Waals surface area (Å²) in [7, 11) is 2.50. The van der Waals surface area contributed by atoms with E-state index in [1.807, 2.05) is 52.4 Å². The third kappa shape index (κ3) is 6.09. The summed E-state index contributed by atoms with van der Waals surface area (Å²) >= 11 is 0. The molecule has 1 aliphatic heterocycles. The number of hydrogen-bond donors (Lipinski definition) is 1. The van der Waals surface area contributed by atoms with Crippen molar-refractivity contribution in [2.75, 3.05) is 36.7 Å². The van der Waals surface area contributed by atoms with Gasteiger partial charge in [0.2, 0.25) is 5.91 Å². The van der Waals surface area contributed by atoms with E-state index in [9.17, 15) is 13.4 Å². The van der Waals surface area contributed by atoms with Gasteiger partial charge < -0.3 is 14.6 Å². The van der Waals surface area contributed by atoms with Crippen molar-refractivity contribution in [3.8, 4) is 5.75 Å². The number of alkyl halides is 1. The van der Waals surface area contributed by atoms with Crippen LogP contribution >= 0.6 is 0 Å². The molecule has 0 spiro atoms. The van der Waals surface area contributed by atoms with Crippen molar-refractivity contribution < 1.29 is 18.1 Å². The van der Waals surface area contributed by atoms with Crippen molar-refractivity contribution in [2.45, 2.75) is 38.9 Å². The summed E-state index contributed by atoms with van der Waals surface area (Å²) in [5.74, 6) is 0.611. The number of hydrogen-bond acceptors (Lipinski definition) is 7. The topological polar surface area (TPSA) is 105 Å². The van der Waals surface area contributed by atoms with Crippen molar-refractivity contribution in [2.24, 2.45) is 13.0 Å². The Morgan fingerprint density at radius 3 is 2.64 bits per heavy atom. The number of fused-ring (bicyclic) bond motifs is 1. The van der Waals surface area contributed by atoms with Crippen LogP contribution in [0.25, 0.3) is 16.6 Å². The highest BCUT2D eigenvalue weighted by Crippen LogP contribution is 2.39. The third-order valence-corrected chi connectivity index (χ3v) is 9.30. The molecule has 10 nitrogen and oxygen atoms in total. The van der Waals surface area contributed by atoms with Gasteiger partial charge in [-0.25, -0.2) is 22.9 Å². The van der Waals surface area contributed by atoms with Gasteiger partial charge in [0, 0.05) is 32.5 Å². The molecule has 0 radical (unpaired) electrons. The molecule has 12 heteroatoms. The molecule has 0 bridgehead atoms. The lowest BCUT2D eigenvalue weighted by atomic mass is 10.0. The van der Waals surface area contributed by atoms with Gasteiger partial charge in [0.15, 0.2) is 5.82 Å². The van der Waals surface area contributed by atoms with Crippen LogP contribution in [-0.4, -0.2) is 66.6 Å². The second-order valence-electron chi connectivity index (χ2n) is 11.2. The van der Waals surface area contributed by atoms with Gasteiger partial charge in [0.05, 0.1) is 60.0 Å². The maximum Gasteiger partial charge on any atom is 0.234 e. The van der Waals surface area contributed by atoms with Crippen LogP contribution in [0.4, 0.5) is 21.7 Å². The predicted octanol–water partition coefficient (Wildman–Crippen LogP) is 4.95. The number of aromatic nitrogens is 4. The second-order valence-corrected chi connectivity index (χ2v) is 12.5. The minimum atomic E-state index is -1.15. The molecule has 4 heterocycles. The number of halogens is 1. The number of carbonyl (C=O) groups is 1. The largest absolute Gasteiger partial charge is 0.497 e. The summed E-state index contributed by atoms with van der Waals surface area (Å²) in [6.07, 6.45) is 7.90. The first kappa shape index (κ1) is 29.9. The molecule has 1 N–H and O–H groups in total. The van der Waals surface area contributed by atoms with Gasteiger partial charge in [-0.15, -0.1) is 0 Å². The van der Waals surface area contributed by atoms with Crippen molar-refractivity contribution in [3.63, 3.8) is 0 Å². The van der Waals surface area contributed by atoms with E-state index in [4.69, 9.17) is 14.7 Å². The SMILES string of the molecule is CCc1cc(C2=CCN(S(C)=O)CC2)ncc1Nc1cc2c(ncn2C)c(N(Cc2ccc(OC)cc2)C(=O)[C@H]2C[C@H]2F)n1. The van der Waals surface area contributed by atoms with Crippen molar-refractivity contribution in [3.05, 3.63) is 71.8 Å². The molecule has 3 aromatic heterocycles. The Labute approximate surface area is 258 Å². The van der Waals surface area contributed by atoms with E-state index < -0.39 is 23.1 Å². The molecular weight excluding hydrogens is 581 g/mol. The van der Waals surface area contributed by atoms with Crippen LogP contribution in [-0.2, 0) is 35.8 Å². The summed E-state index contributed by atoms with van der Waals surface area (Å²) in [6.45, 7) is 3.66. The van der Waals surface area contributed by atoms with Crippen molar-refractivity contribution in [1.29, 1.82) is 0 Å². The number of aryl methyl sites for hydroxylation is 2. The van der Waals surface area contributed by atoms with Gasteiger partial charge >= 0.3 is 0 Å². The molecule has 44 heavy (non-hydrogen) atoms. The Morgan fingerprint density at radius 2 is 2.00 bits per heavy atom. The number of ether oxygens (including phenoxy) is 1. The van der Waals surface area contributed by atoms with Crippen LogP contribution < -0.4 is 15.0 Å². The summed E-state index contributed by atoms with van der Waals surface area (Å²) in [5, 5.41) is 3.44. The zero-order valence-electron chi connectivity index (χ0n) is 25.3. The molecule has 1 aromatic carbocycles. The molecule has 1 aliphatic carbocycles. The molecule has 3 atom stereocenters. The fraction of sp³-hybridized carbons (Fsp3) is 0.375. The van der Waals surface area contributed by atoms with Gasteiger partial charge in [-0.3, -0.25) is 14.7 Å². The fourth-order valence-corrected chi connectivity index (χ4v) is 6.12. The lowest BCUT2D eigenvalue weighted by Crippen LogP contribution is -2.33. The Hall–Kier alpha value is -4.16. The van der Waals surface area contributed by atoms with Gasteiger partial charge in [-0.1, -0.05) is 25.1 Å². The van der Waals surface area contributed by atoms with Crippen LogP contribution in [0.3, 0.4) is 0 Å². The molecule has 1 unspecified atom stereocenters. The number of imidazole rings is 1. The van der Waals surface area contributed by atoms with E-state index in [-0.39, 0.29) is 18.9 Å². The molecule has 1 saturated carbocycles. The minimum absolute atomic E-state index is 0.211. The number of pyridine rings is 2. The number of carbonyl (C=O) groups excluding carboxylic acids is 1. The van der Waals surface area contributed by atoms with E-state index >= 15 is 0 Å². The number of nitrogens with zero attached hydrogens (tertiary/aromatic N) is 6. The highest BCUT2D eigenvalue weighted by Gasteiger charge is 2.46. The molecule has 1 fully saturated rings. The molecular formula is C32H36FN7O3S. The summed E-state index contributed by atoms with van der Waals surface area (Å²) < 4.78 is 35.1. The Balaban J connectivity index is 1.35. The minimum Gasteiger partial charge on any atom is -0.497 e. The molecule has 230 valence electrons. The van der Waals surface area contributed by atoms with E-state index in [0.29, 0.717) is 29.4 Å². The number of amides is 1. The summed E-state index contributed by atoms with van der Waals surface area (Å²) in [6, 6.07) is 11.4. The standard InChI is InChI=1S/C32H36FN7O3S/c1-5-21-14-26(22-10-12-39(13-11-22)44(4)42)34-17-27(21)36-29-16-28-30(35-19-38(28)2)31(37-29)40(32(41)24-15-25(24)33)18-20-6-8-23(43-3)9-7-20/h6-10,14,16-17,19,24-25H,5,11-13,15,18H2,1-4H3,(H,36,37)/t24-,25+,44?/m0/s1. The first-order valence-corrected chi connectivity index (χ1v) is 16.2. The summed E-state index contributed by atoms with van der Waals surface area (Å²) in [5.41, 5.74) is 6.13. The van der Waals surface area contributed by atoms with Crippen molar-refractivity contribution in [1.82, 2.24) is 23.8 Å². The van der Waals surface area contributed by atoms with E-state index in [0.717, 1.165) is 53.0 Å². The van der Waals surface area contributed by atoms with Gasteiger partial charge in [0.25, 0.3) is 0 Å². The Bertz CT molecular complexity index is 1760. The molecule has 0 saturated heterocycles. The van der Waals surface area contributed by atoms with Crippen LogP contribution in [0, 0.1) is 5.92 Å². The quantitative estimate of drug-likeness (QED) is 0.269. The van der Waals surface area contributed by atoms with E-state index in [2.05, 4.69) is 29.4 Å². The number of rotatable bonds is 10. The van der Waals surface area contributed by atoms with Crippen LogP contribution in [0.15, 0.2) is 55.0 Å². The maximum absolute atomic E-state index is 14.2. The predicted molar refractivity (Wildman–Crippen MR) is 171 cm³/mol. The van der Waals surface area contributed by atoms with E-state index in [1.54, 1.807) is 24.6 Å². The highest BCUT2D eigenvalue weighted by atomic mass is 32.2. The zero-order chi connectivity index (χ0) is 31.0. The average molecular weight is 618 g/mol. The fourth-order valence-electron chi connectivity index (χ4n) is 5.49. The van der Waals surface area contributed by atoms with Crippen LogP contribution in [0.2, 0.25) is 0 Å². The number of nitrogens with one attached hydrogen (secondary N) is 1. The number of anilines is 3. The molecule has 1 amide bonds.